The Morgan fingerprint density at radius 3 is 2.33 bits per heavy atom. The summed E-state index contributed by atoms with van der Waals surface area (Å²) >= 11 is 7.73. The van der Waals surface area contributed by atoms with Crippen LogP contribution in [-0.4, -0.2) is 59.1 Å². The molecule has 0 bridgehead atoms. The molecule has 2 aromatic rings. The van der Waals surface area contributed by atoms with Crippen LogP contribution in [-0.2, 0) is 0 Å². The highest BCUT2D eigenvalue weighted by Crippen LogP contribution is 2.44. The Labute approximate surface area is 185 Å². The molecule has 0 aromatic heterocycles. The van der Waals surface area contributed by atoms with Gasteiger partial charge in [-0.3, -0.25) is 4.79 Å². The molecule has 2 heterocycles. The van der Waals surface area contributed by atoms with E-state index < -0.39 is 0 Å². The van der Waals surface area contributed by atoms with E-state index in [0.29, 0.717) is 23.7 Å². The molecule has 0 radical (unpaired) electrons. The molecule has 2 saturated heterocycles. The molecule has 0 aliphatic carbocycles. The van der Waals surface area contributed by atoms with Crippen LogP contribution >= 0.6 is 23.4 Å². The third kappa shape index (κ3) is 4.23. The number of nitrogens with zero attached hydrogens (tertiary/aromatic N) is 2. The van der Waals surface area contributed by atoms with Gasteiger partial charge in [-0.2, -0.15) is 0 Å². The molecular weight excluding hydrogens is 422 g/mol. The molecule has 158 valence electrons. The summed E-state index contributed by atoms with van der Waals surface area (Å²) in [7, 11) is 1.61. The fraction of sp³-hybridized carbons (Fsp3) is 0.364. The number of likely N-dealkylation sites (tertiary alicyclic amines) is 1. The Bertz CT molecular complexity index is 912. The number of piperidine rings is 1. The first-order chi connectivity index (χ1) is 14.5. The van der Waals surface area contributed by atoms with E-state index >= 15 is 0 Å². The van der Waals surface area contributed by atoms with Gasteiger partial charge in [0, 0.05) is 41.7 Å². The van der Waals surface area contributed by atoms with Gasteiger partial charge in [0.05, 0.1) is 12.0 Å². The van der Waals surface area contributed by atoms with Crippen molar-refractivity contribution in [3.63, 3.8) is 0 Å². The number of hydrogen-bond acceptors (Lipinski definition) is 4. The zero-order chi connectivity index (χ0) is 21.1. The smallest absolute Gasteiger partial charge is 0.321 e. The van der Waals surface area contributed by atoms with Crippen LogP contribution in [0.15, 0.2) is 48.5 Å². The normalized spacial score (nSPS) is 17.8. The summed E-state index contributed by atoms with van der Waals surface area (Å²) in [6.45, 7) is 1.95. The molecule has 2 aliphatic rings. The SMILES string of the molecule is COc1ccc(C(=O)N2CCSC23CCN(C(=O)Nc2ccc(Cl)cc2)CC3)cc1. The van der Waals surface area contributed by atoms with Gasteiger partial charge in [0.1, 0.15) is 5.75 Å². The van der Waals surface area contributed by atoms with E-state index in [4.69, 9.17) is 16.3 Å². The lowest BCUT2D eigenvalue weighted by atomic mass is 10.0. The van der Waals surface area contributed by atoms with E-state index in [2.05, 4.69) is 5.32 Å². The van der Waals surface area contributed by atoms with Crippen LogP contribution in [0.2, 0.25) is 5.02 Å². The third-order valence-corrected chi connectivity index (χ3v) is 7.49. The largest absolute Gasteiger partial charge is 0.497 e. The lowest BCUT2D eigenvalue weighted by Crippen LogP contribution is -2.54. The summed E-state index contributed by atoms with van der Waals surface area (Å²) < 4.78 is 5.19. The van der Waals surface area contributed by atoms with Crippen molar-refractivity contribution in [2.24, 2.45) is 0 Å². The molecule has 0 atom stereocenters. The predicted molar refractivity (Wildman–Crippen MR) is 120 cm³/mol. The summed E-state index contributed by atoms with van der Waals surface area (Å²) in [5, 5.41) is 3.55. The molecule has 2 aliphatic heterocycles. The number of urea groups is 1. The predicted octanol–water partition coefficient (Wildman–Crippen LogP) is 4.56. The molecule has 0 saturated carbocycles. The maximum atomic E-state index is 13.2. The quantitative estimate of drug-likeness (QED) is 0.752. The minimum absolute atomic E-state index is 0.0433. The van der Waals surface area contributed by atoms with Gasteiger partial charge in [-0.25, -0.2) is 4.79 Å². The van der Waals surface area contributed by atoms with Crippen molar-refractivity contribution in [1.29, 1.82) is 0 Å². The summed E-state index contributed by atoms with van der Waals surface area (Å²) in [6.07, 6.45) is 1.52. The molecule has 4 rings (SSSR count). The number of rotatable bonds is 3. The fourth-order valence-electron chi connectivity index (χ4n) is 3.99. The number of hydrogen-bond donors (Lipinski definition) is 1. The number of carbonyl (C=O) groups is 2. The van der Waals surface area contributed by atoms with Gasteiger partial charge in [0.15, 0.2) is 0 Å². The van der Waals surface area contributed by atoms with Crippen LogP contribution in [0.3, 0.4) is 0 Å². The number of halogens is 1. The molecule has 0 unspecified atom stereocenters. The molecule has 3 amide bonds. The number of thioether (sulfide) groups is 1. The number of anilines is 1. The monoisotopic (exact) mass is 445 g/mol. The van der Waals surface area contributed by atoms with Crippen LogP contribution in [0.1, 0.15) is 23.2 Å². The van der Waals surface area contributed by atoms with Crippen molar-refractivity contribution >= 4 is 41.0 Å². The Kier molecular flexibility index (Phi) is 6.11. The van der Waals surface area contributed by atoms with Crippen molar-refractivity contribution in [2.75, 3.05) is 37.8 Å². The van der Waals surface area contributed by atoms with Gasteiger partial charge in [0.25, 0.3) is 5.91 Å². The van der Waals surface area contributed by atoms with Crippen LogP contribution < -0.4 is 10.1 Å². The van der Waals surface area contributed by atoms with Crippen molar-refractivity contribution in [3.8, 4) is 5.75 Å². The fourth-order valence-corrected chi connectivity index (χ4v) is 5.57. The van der Waals surface area contributed by atoms with Crippen LogP contribution in [0.5, 0.6) is 5.75 Å². The van der Waals surface area contributed by atoms with E-state index in [1.54, 1.807) is 31.4 Å². The number of carbonyl (C=O) groups excluding carboxylic acids is 2. The Hall–Kier alpha value is -2.38. The molecule has 1 N–H and O–H groups in total. The first-order valence-electron chi connectivity index (χ1n) is 9.92. The summed E-state index contributed by atoms with van der Waals surface area (Å²) in [4.78, 5) is 29.4. The number of amides is 3. The van der Waals surface area contributed by atoms with Gasteiger partial charge in [0.2, 0.25) is 0 Å². The zero-order valence-corrected chi connectivity index (χ0v) is 18.3. The summed E-state index contributed by atoms with van der Waals surface area (Å²) in [6, 6.07) is 14.2. The van der Waals surface area contributed by atoms with Crippen LogP contribution in [0.4, 0.5) is 10.5 Å². The van der Waals surface area contributed by atoms with Gasteiger partial charge < -0.3 is 19.9 Å². The van der Waals surface area contributed by atoms with E-state index in [-0.39, 0.29) is 16.8 Å². The number of ether oxygens (including phenoxy) is 1. The van der Waals surface area contributed by atoms with Crippen molar-refractivity contribution in [1.82, 2.24) is 9.80 Å². The molecule has 8 heteroatoms. The number of benzene rings is 2. The molecule has 30 heavy (non-hydrogen) atoms. The van der Waals surface area contributed by atoms with Gasteiger partial charge in [-0.1, -0.05) is 11.6 Å². The molecular formula is C22H24ClN3O3S. The number of nitrogens with one attached hydrogen (secondary N) is 1. The lowest BCUT2D eigenvalue weighted by Gasteiger charge is -2.44. The average Bonchev–Trinajstić information content (AvgIpc) is 3.18. The van der Waals surface area contributed by atoms with E-state index in [9.17, 15) is 9.59 Å². The average molecular weight is 446 g/mol. The molecule has 1 spiro atoms. The van der Waals surface area contributed by atoms with Crippen molar-refractivity contribution in [2.45, 2.75) is 17.7 Å². The second-order valence-electron chi connectivity index (χ2n) is 7.40. The third-order valence-electron chi connectivity index (χ3n) is 5.69. The second kappa shape index (κ2) is 8.78. The highest BCUT2D eigenvalue weighted by atomic mass is 35.5. The summed E-state index contributed by atoms with van der Waals surface area (Å²) in [5.74, 6) is 1.69. The maximum absolute atomic E-state index is 13.2. The van der Waals surface area contributed by atoms with Crippen LogP contribution in [0, 0.1) is 0 Å². The minimum Gasteiger partial charge on any atom is -0.497 e. The second-order valence-corrected chi connectivity index (χ2v) is 9.30. The molecule has 6 nitrogen and oxygen atoms in total. The Morgan fingerprint density at radius 1 is 1.03 bits per heavy atom. The van der Waals surface area contributed by atoms with Crippen molar-refractivity contribution in [3.05, 3.63) is 59.1 Å². The standard InChI is InChI=1S/C22H24ClN3O3S/c1-29-19-8-2-16(3-9-19)20(27)26-14-15-30-22(26)10-12-25(13-11-22)21(28)24-18-6-4-17(23)5-7-18/h2-9H,10-15H2,1H3,(H,24,28). The Balaban J connectivity index is 1.40. The first-order valence-corrected chi connectivity index (χ1v) is 11.3. The zero-order valence-electron chi connectivity index (χ0n) is 16.8. The summed E-state index contributed by atoms with van der Waals surface area (Å²) in [5.41, 5.74) is 1.39. The molecule has 2 fully saturated rings. The molecule has 2 aromatic carbocycles. The first kappa shape index (κ1) is 20.9. The van der Waals surface area contributed by atoms with Gasteiger partial charge in [-0.05, 0) is 61.4 Å². The highest BCUT2D eigenvalue weighted by Gasteiger charge is 2.47. The van der Waals surface area contributed by atoms with E-state index in [1.165, 1.54) is 0 Å². The van der Waals surface area contributed by atoms with Crippen LogP contribution in [0.25, 0.3) is 0 Å². The van der Waals surface area contributed by atoms with Gasteiger partial charge in [-0.15, -0.1) is 11.8 Å². The van der Waals surface area contributed by atoms with E-state index in [1.807, 2.05) is 45.8 Å². The van der Waals surface area contributed by atoms with E-state index in [0.717, 1.165) is 36.6 Å². The minimum atomic E-state index is -0.242. The number of methoxy groups -OCH3 is 1. The topological polar surface area (TPSA) is 61.9 Å². The van der Waals surface area contributed by atoms with Gasteiger partial charge >= 0.3 is 6.03 Å². The lowest BCUT2D eigenvalue weighted by molar-refractivity contribution is 0.0585. The Morgan fingerprint density at radius 2 is 1.70 bits per heavy atom. The van der Waals surface area contributed by atoms with Crippen molar-refractivity contribution < 1.29 is 14.3 Å². The maximum Gasteiger partial charge on any atom is 0.321 e. The highest BCUT2D eigenvalue weighted by molar-refractivity contribution is 8.00.